The number of amides is 1. The first kappa shape index (κ1) is 19.0. The molecular weight excluding hydrogens is 354 g/mol. The fourth-order valence-electron chi connectivity index (χ4n) is 4.49. The van der Waals surface area contributed by atoms with Crippen LogP contribution in [-0.4, -0.2) is 68.9 Å². The van der Waals surface area contributed by atoms with Crippen molar-refractivity contribution in [3.05, 3.63) is 42.0 Å². The topological polar surface area (TPSA) is 79.2 Å². The van der Waals surface area contributed by atoms with E-state index in [4.69, 9.17) is 0 Å². The zero-order valence-corrected chi connectivity index (χ0v) is 16.7. The van der Waals surface area contributed by atoms with Crippen molar-refractivity contribution < 1.29 is 4.79 Å². The van der Waals surface area contributed by atoms with E-state index in [-0.39, 0.29) is 11.8 Å². The molecular formula is C20H29N7O. The van der Waals surface area contributed by atoms with Crippen molar-refractivity contribution >= 4 is 5.91 Å². The minimum atomic E-state index is 0.0849. The Hall–Kier alpha value is -2.32. The molecule has 0 aromatic carbocycles. The third kappa shape index (κ3) is 4.39. The van der Waals surface area contributed by atoms with Gasteiger partial charge in [-0.25, -0.2) is 0 Å². The van der Waals surface area contributed by atoms with Crippen LogP contribution in [0.4, 0.5) is 0 Å². The van der Waals surface area contributed by atoms with Gasteiger partial charge in [-0.3, -0.25) is 19.4 Å². The van der Waals surface area contributed by atoms with Crippen LogP contribution >= 0.6 is 0 Å². The molecule has 1 N–H and O–H groups in total. The van der Waals surface area contributed by atoms with Crippen LogP contribution in [0.1, 0.15) is 24.1 Å². The van der Waals surface area contributed by atoms with Crippen molar-refractivity contribution in [1.29, 1.82) is 0 Å². The lowest BCUT2D eigenvalue weighted by Crippen LogP contribution is -2.58. The Kier molecular flexibility index (Phi) is 5.68. The standard InChI is InChI=1S/C20H29N7O/c1-25(2)11-17-12-27(24-23-17)13-18-8-16-5-7-26(18)14-19(16)20(28)22-10-15-4-3-6-21-9-15/h3-4,6,9,12,16,18-19H,5,7-8,10-11,13-14H2,1-2H3,(H,22,28)/t16-,18+,19-/m0/s1. The normalized spacial score (nSPS) is 26.5. The average Bonchev–Trinajstić information content (AvgIpc) is 3.13. The molecule has 4 atom stereocenters. The molecule has 2 aromatic rings. The molecule has 0 saturated carbocycles. The second kappa shape index (κ2) is 8.36. The molecule has 0 aliphatic carbocycles. The smallest absolute Gasteiger partial charge is 0.224 e. The fraction of sp³-hybridized carbons (Fsp3) is 0.600. The Morgan fingerprint density at radius 2 is 2.29 bits per heavy atom. The first-order valence-electron chi connectivity index (χ1n) is 10.0. The lowest BCUT2D eigenvalue weighted by atomic mass is 9.75. The number of hydrogen-bond donors (Lipinski definition) is 1. The van der Waals surface area contributed by atoms with Gasteiger partial charge in [-0.2, -0.15) is 0 Å². The number of nitrogens with one attached hydrogen (secondary N) is 1. The number of nitrogens with zero attached hydrogens (tertiary/aromatic N) is 6. The Bertz CT molecular complexity index is 791. The molecule has 0 spiro atoms. The van der Waals surface area contributed by atoms with Gasteiger partial charge in [0, 0.05) is 44.3 Å². The summed E-state index contributed by atoms with van der Waals surface area (Å²) < 4.78 is 1.96. The Labute approximate surface area is 165 Å². The van der Waals surface area contributed by atoms with Crippen LogP contribution in [0.5, 0.6) is 0 Å². The lowest BCUT2D eigenvalue weighted by Gasteiger charge is -2.49. The molecule has 5 heterocycles. The number of pyridine rings is 1. The maximum absolute atomic E-state index is 12.7. The maximum atomic E-state index is 12.7. The average molecular weight is 384 g/mol. The molecule has 3 aliphatic heterocycles. The molecule has 150 valence electrons. The van der Waals surface area contributed by atoms with Crippen LogP contribution in [0.2, 0.25) is 0 Å². The van der Waals surface area contributed by atoms with E-state index in [2.05, 4.69) is 30.4 Å². The van der Waals surface area contributed by atoms with Crippen LogP contribution in [0.25, 0.3) is 0 Å². The minimum absolute atomic E-state index is 0.0849. The summed E-state index contributed by atoms with van der Waals surface area (Å²) in [6.45, 7) is 4.11. The van der Waals surface area contributed by atoms with Gasteiger partial charge in [0.15, 0.2) is 0 Å². The van der Waals surface area contributed by atoms with Crippen LogP contribution in [0.3, 0.4) is 0 Å². The highest BCUT2D eigenvalue weighted by molar-refractivity contribution is 5.79. The largest absolute Gasteiger partial charge is 0.352 e. The van der Waals surface area contributed by atoms with E-state index < -0.39 is 0 Å². The molecule has 1 amide bonds. The van der Waals surface area contributed by atoms with E-state index in [1.807, 2.05) is 37.1 Å². The zero-order valence-electron chi connectivity index (χ0n) is 16.7. The molecule has 2 aromatic heterocycles. The van der Waals surface area contributed by atoms with Crippen molar-refractivity contribution in [2.75, 3.05) is 27.2 Å². The number of piperidine rings is 3. The third-order valence-electron chi connectivity index (χ3n) is 5.87. The van der Waals surface area contributed by atoms with Crippen molar-refractivity contribution in [2.24, 2.45) is 11.8 Å². The summed E-state index contributed by atoms with van der Waals surface area (Å²) in [6.07, 6.45) is 7.74. The number of aromatic nitrogens is 4. The molecule has 5 rings (SSSR count). The van der Waals surface area contributed by atoms with Crippen LogP contribution in [0.15, 0.2) is 30.7 Å². The minimum Gasteiger partial charge on any atom is -0.352 e. The summed E-state index contributed by atoms with van der Waals surface area (Å²) in [4.78, 5) is 21.4. The monoisotopic (exact) mass is 383 g/mol. The molecule has 0 radical (unpaired) electrons. The highest BCUT2D eigenvalue weighted by Crippen LogP contribution is 2.36. The molecule has 3 aliphatic rings. The van der Waals surface area contributed by atoms with Gasteiger partial charge in [0.1, 0.15) is 0 Å². The molecule has 8 nitrogen and oxygen atoms in total. The first-order chi connectivity index (χ1) is 13.6. The van der Waals surface area contributed by atoms with Crippen LogP contribution in [0, 0.1) is 11.8 Å². The van der Waals surface area contributed by atoms with Crippen molar-refractivity contribution in [1.82, 2.24) is 35.1 Å². The van der Waals surface area contributed by atoms with E-state index in [0.29, 0.717) is 18.5 Å². The molecule has 1 unspecified atom stereocenters. The number of carbonyl (C=O) groups is 1. The Balaban J connectivity index is 1.31. The number of hydrogen-bond acceptors (Lipinski definition) is 6. The van der Waals surface area contributed by atoms with Gasteiger partial charge in [0.05, 0.1) is 18.2 Å². The highest BCUT2D eigenvalue weighted by atomic mass is 16.1. The van der Waals surface area contributed by atoms with E-state index in [9.17, 15) is 4.79 Å². The number of carbonyl (C=O) groups excluding carboxylic acids is 1. The first-order valence-corrected chi connectivity index (χ1v) is 10.0. The third-order valence-corrected chi connectivity index (χ3v) is 5.87. The van der Waals surface area contributed by atoms with E-state index in [1.54, 1.807) is 12.4 Å². The summed E-state index contributed by atoms with van der Waals surface area (Å²) in [5, 5.41) is 11.7. The van der Waals surface area contributed by atoms with Gasteiger partial charge in [-0.15, -0.1) is 5.10 Å². The SMILES string of the molecule is CN(C)Cc1cn(C[C@H]2C[C@@H]3CCN2C[C@@H]3C(=O)NCc2cccnc2)nn1. The van der Waals surface area contributed by atoms with Gasteiger partial charge < -0.3 is 10.2 Å². The van der Waals surface area contributed by atoms with Gasteiger partial charge in [-0.1, -0.05) is 11.3 Å². The van der Waals surface area contributed by atoms with E-state index in [1.165, 1.54) is 0 Å². The molecule has 28 heavy (non-hydrogen) atoms. The van der Waals surface area contributed by atoms with Crippen LogP contribution in [-0.2, 0) is 24.4 Å². The highest BCUT2D eigenvalue weighted by Gasteiger charge is 2.43. The van der Waals surface area contributed by atoms with Gasteiger partial charge >= 0.3 is 0 Å². The Morgan fingerprint density at radius 1 is 1.39 bits per heavy atom. The second-order valence-corrected chi connectivity index (χ2v) is 8.29. The van der Waals surface area contributed by atoms with Gasteiger partial charge in [0.25, 0.3) is 0 Å². The summed E-state index contributed by atoms with van der Waals surface area (Å²) in [5.74, 6) is 0.710. The van der Waals surface area contributed by atoms with E-state index in [0.717, 1.165) is 50.3 Å². The molecule has 2 bridgehead atoms. The number of fused-ring (bicyclic) bond motifs is 3. The van der Waals surface area contributed by atoms with Gasteiger partial charge in [-0.05, 0) is 51.0 Å². The molecule has 3 saturated heterocycles. The predicted octanol–water partition coefficient (Wildman–Crippen LogP) is 0.762. The van der Waals surface area contributed by atoms with E-state index >= 15 is 0 Å². The summed E-state index contributed by atoms with van der Waals surface area (Å²) in [6, 6.07) is 4.33. The van der Waals surface area contributed by atoms with Crippen molar-refractivity contribution in [3.8, 4) is 0 Å². The quantitative estimate of drug-likeness (QED) is 0.761. The van der Waals surface area contributed by atoms with Crippen molar-refractivity contribution in [3.63, 3.8) is 0 Å². The maximum Gasteiger partial charge on any atom is 0.224 e. The number of rotatable bonds is 7. The van der Waals surface area contributed by atoms with Gasteiger partial charge in [0.2, 0.25) is 5.91 Å². The molecule has 8 heteroatoms. The molecule has 3 fully saturated rings. The predicted molar refractivity (Wildman–Crippen MR) is 105 cm³/mol. The summed E-state index contributed by atoms with van der Waals surface area (Å²) in [7, 11) is 4.06. The summed E-state index contributed by atoms with van der Waals surface area (Å²) >= 11 is 0. The second-order valence-electron chi connectivity index (χ2n) is 8.29. The van der Waals surface area contributed by atoms with Crippen molar-refractivity contribution in [2.45, 2.75) is 38.5 Å². The van der Waals surface area contributed by atoms with Crippen LogP contribution < -0.4 is 5.32 Å². The Morgan fingerprint density at radius 3 is 3.00 bits per heavy atom. The fourth-order valence-corrected chi connectivity index (χ4v) is 4.49. The summed E-state index contributed by atoms with van der Waals surface area (Å²) in [5.41, 5.74) is 2.03. The zero-order chi connectivity index (χ0) is 19.5. The lowest BCUT2D eigenvalue weighted by molar-refractivity contribution is -0.133.